The van der Waals surface area contributed by atoms with Crippen LogP contribution in [0.25, 0.3) is 0 Å². The summed E-state index contributed by atoms with van der Waals surface area (Å²) in [6.07, 6.45) is 0.705. The molecule has 0 saturated carbocycles. The first kappa shape index (κ1) is 12.8. The lowest BCUT2D eigenvalue weighted by molar-refractivity contribution is -0.142. The van der Waals surface area contributed by atoms with Gasteiger partial charge in [-0.15, -0.1) is 6.58 Å². The Kier molecular flexibility index (Phi) is 9.80. The standard InChI is InChI=1S/C9H20O3Si/c1-4-10-9(11-5-2)7-8-12-13-6-3/h6,9H,3-5,7-8,13H2,1-2H3. The molecule has 0 aliphatic carbocycles. The highest BCUT2D eigenvalue weighted by molar-refractivity contribution is 6.33. The average molecular weight is 204 g/mol. The third-order valence-corrected chi connectivity index (χ3v) is 2.20. The van der Waals surface area contributed by atoms with E-state index in [4.69, 9.17) is 13.9 Å². The smallest absolute Gasteiger partial charge is 0.184 e. The third kappa shape index (κ3) is 8.17. The summed E-state index contributed by atoms with van der Waals surface area (Å²) < 4.78 is 16.1. The van der Waals surface area contributed by atoms with E-state index in [-0.39, 0.29) is 6.29 Å². The predicted molar refractivity (Wildman–Crippen MR) is 56.4 cm³/mol. The summed E-state index contributed by atoms with van der Waals surface area (Å²) in [4.78, 5) is 0. The summed E-state index contributed by atoms with van der Waals surface area (Å²) in [5.74, 6) is 0. The normalized spacial score (nSPS) is 11.6. The Morgan fingerprint density at radius 2 is 1.92 bits per heavy atom. The first-order valence-electron chi connectivity index (χ1n) is 4.77. The van der Waals surface area contributed by atoms with Gasteiger partial charge in [0.2, 0.25) is 0 Å². The fourth-order valence-electron chi connectivity index (χ4n) is 0.933. The SMILES string of the molecule is C=C[SiH2]OCCC(OCC)OCC. The molecule has 0 radical (unpaired) electrons. The minimum absolute atomic E-state index is 0.103. The maximum absolute atomic E-state index is 5.37. The van der Waals surface area contributed by atoms with E-state index >= 15 is 0 Å². The molecular formula is C9H20O3Si. The van der Waals surface area contributed by atoms with E-state index in [2.05, 4.69) is 6.58 Å². The number of hydrogen-bond donors (Lipinski definition) is 0. The monoisotopic (exact) mass is 204 g/mol. The zero-order chi connectivity index (χ0) is 9.94. The molecular weight excluding hydrogens is 184 g/mol. The van der Waals surface area contributed by atoms with Gasteiger partial charge in [-0.3, -0.25) is 0 Å². The lowest BCUT2D eigenvalue weighted by Gasteiger charge is -2.16. The van der Waals surface area contributed by atoms with E-state index in [1.54, 1.807) is 0 Å². The summed E-state index contributed by atoms with van der Waals surface area (Å²) >= 11 is 0. The average Bonchev–Trinajstić information content (AvgIpc) is 2.13. The van der Waals surface area contributed by atoms with Crippen LogP contribution in [0.2, 0.25) is 0 Å². The molecule has 0 N–H and O–H groups in total. The molecule has 0 saturated heterocycles. The van der Waals surface area contributed by atoms with Crippen LogP contribution in [-0.4, -0.2) is 35.9 Å². The molecule has 0 bridgehead atoms. The van der Waals surface area contributed by atoms with Crippen LogP contribution in [0, 0.1) is 0 Å². The van der Waals surface area contributed by atoms with Gasteiger partial charge in [0.15, 0.2) is 16.1 Å². The van der Waals surface area contributed by atoms with Gasteiger partial charge in [-0.2, -0.15) is 0 Å². The molecule has 0 aromatic heterocycles. The minimum atomic E-state index is -0.496. The van der Waals surface area contributed by atoms with Crippen molar-refractivity contribution < 1.29 is 13.9 Å². The quantitative estimate of drug-likeness (QED) is 0.319. The number of rotatable bonds is 9. The summed E-state index contributed by atoms with van der Waals surface area (Å²) in [5, 5.41) is 0. The van der Waals surface area contributed by atoms with E-state index in [0.29, 0.717) is 19.8 Å². The van der Waals surface area contributed by atoms with Crippen molar-refractivity contribution in [1.29, 1.82) is 0 Å². The molecule has 0 heterocycles. The summed E-state index contributed by atoms with van der Waals surface area (Å²) in [5.41, 5.74) is 1.87. The Hall–Kier alpha value is -0.163. The molecule has 0 rings (SSSR count). The zero-order valence-electron chi connectivity index (χ0n) is 8.62. The molecule has 0 spiro atoms. The van der Waals surface area contributed by atoms with Gasteiger partial charge in [-0.25, -0.2) is 0 Å². The van der Waals surface area contributed by atoms with Crippen molar-refractivity contribution in [2.45, 2.75) is 26.6 Å². The Morgan fingerprint density at radius 3 is 2.38 bits per heavy atom. The lowest BCUT2D eigenvalue weighted by atomic mass is 10.4. The molecule has 0 aliphatic heterocycles. The molecule has 3 nitrogen and oxygen atoms in total. The Morgan fingerprint density at radius 1 is 1.31 bits per heavy atom. The summed E-state index contributed by atoms with van der Waals surface area (Å²) in [6, 6.07) is 0. The molecule has 0 aromatic rings. The van der Waals surface area contributed by atoms with Crippen molar-refractivity contribution in [3.8, 4) is 0 Å². The Balaban J connectivity index is 3.37. The van der Waals surface area contributed by atoms with Crippen LogP contribution in [0.3, 0.4) is 0 Å². The van der Waals surface area contributed by atoms with Crippen molar-refractivity contribution in [2.24, 2.45) is 0 Å². The van der Waals surface area contributed by atoms with Gasteiger partial charge >= 0.3 is 0 Å². The van der Waals surface area contributed by atoms with Gasteiger partial charge in [-0.05, 0) is 13.8 Å². The van der Waals surface area contributed by atoms with E-state index in [0.717, 1.165) is 6.42 Å². The second-order valence-electron chi connectivity index (χ2n) is 2.49. The van der Waals surface area contributed by atoms with Gasteiger partial charge in [0.1, 0.15) is 0 Å². The molecule has 0 atom stereocenters. The minimum Gasteiger partial charge on any atom is -0.419 e. The molecule has 13 heavy (non-hydrogen) atoms. The third-order valence-electron chi connectivity index (χ3n) is 1.44. The van der Waals surface area contributed by atoms with Crippen molar-refractivity contribution in [3.63, 3.8) is 0 Å². The second-order valence-corrected chi connectivity index (χ2v) is 3.81. The first-order chi connectivity index (χ1) is 6.35. The van der Waals surface area contributed by atoms with Crippen molar-refractivity contribution in [2.75, 3.05) is 19.8 Å². The molecule has 0 unspecified atom stereocenters. The van der Waals surface area contributed by atoms with Crippen molar-refractivity contribution in [1.82, 2.24) is 0 Å². The van der Waals surface area contributed by atoms with Crippen LogP contribution in [0.1, 0.15) is 20.3 Å². The molecule has 78 valence electrons. The molecule has 0 aliphatic rings. The summed E-state index contributed by atoms with van der Waals surface area (Å²) in [7, 11) is -0.496. The van der Waals surface area contributed by atoms with Gasteiger partial charge in [0, 0.05) is 26.2 Å². The highest BCUT2D eigenvalue weighted by Crippen LogP contribution is 2.00. The number of ether oxygens (including phenoxy) is 2. The van der Waals surface area contributed by atoms with Crippen LogP contribution < -0.4 is 0 Å². The summed E-state index contributed by atoms with van der Waals surface area (Å²) in [6.45, 7) is 9.63. The highest BCUT2D eigenvalue weighted by atomic mass is 28.2. The van der Waals surface area contributed by atoms with Gasteiger partial charge in [-0.1, -0.05) is 5.70 Å². The largest absolute Gasteiger partial charge is 0.419 e. The maximum atomic E-state index is 5.37. The van der Waals surface area contributed by atoms with Crippen LogP contribution in [0.5, 0.6) is 0 Å². The van der Waals surface area contributed by atoms with Crippen molar-refractivity contribution in [3.05, 3.63) is 12.3 Å². The van der Waals surface area contributed by atoms with Crippen LogP contribution in [-0.2, 0) is 13.9 Å². The molecule has 4 heteroatoms. The zero-order valence-corrected chi connectivity index (χ0v) is 10.0. The van der Waals surface area contributed by atoms with Crippen LogP contribution >= 0.6 is 0 Å². The van der Waals surface area contributed by atoms with Crippen LogP contribution in [0.15, 0.2) is 12.3 Å². The lowest BCUT2D eigenvalue weighted by Crippen LogP contribution is -2.19. The Labute approximate surface area is 83.0 Å². The Bertz CT molecular complexity index is 113. The fraction of sp³-hybridized carbons (Fsp3) is 0.778. The molecule has 0 amide bonds. The maximum Gasteiger partial charge on any atom is 0.184 e. The van der Waals surface area contributed by atoms with Crippen LogP contribution in [0.4, 0.5) is 0 Å². The number of hydrogen-bond acceptors (Lipinski definition) is 3. The van der Waals surface area contributed by atoms with Gasteiger partial charge in [0.05, 0.1) is 0 Å². The predicted octanol–water partition coefficient (Wildman–Crippen LogP) is 1.02. The second kappa shape index (κ2) is 9.92. The van der Waals surface area contributed by atoms with Crippen molar-refractivity contribution >= 4 is 9.76 Å². The van der Waals surface area contributed by atoms with E-state index in [1.165, 1.54) is 0 Å². The van der Waals surface area contributed by atoms with E-state index in [9.17, 15) is 0 Å². The molecule has 0 aromatic carbocycles. The van der Waals surface area contributed by atoms with E-state index < -0.39 is 9.76 Å². The topological polar surface area (TPSA) is 27.7 Å². The molecule has 0 fully saturated rings. The first-order valence-corrected chi connectivity index (χ1v) is 6.16. The van der Waals surface area contributed by atoms with Gasteiger partial charge < -0.3 is 13.9 Å². The fourth-order valence-corrected chi connectivity index (χ4v) is 1.43. The highest BCUT2D eigenvalue weighted by Gasteiger charge is 2.06. The van der Waals surface area contributed by atoms with E-state index in [1.807, 2.05) is 19.5 Å². The van der Waals surface area contributed by atoms with Gasteiger partial charge in [0.25, 0.3) is 0 Å².